The largest absolute Gasteiger partial charge is 0.416 e. The molecule has 0 radical (unpaired) electrons. The number of rotatable bonds is 2. The van der Waals surface area contributed by atoms with E-state index in [0.29, 0.717) is 29.9 Å². The average Bonchev–Trinajstić information content (AvgIpc) is 2.70. The molecule has 0 atom stereocenters. The molecule has 1 aliphatic rings. The highest BCUT2D eigenvalue weighted by atomic mass is 19.4. The van der Waals surface area contributed by atoms with Gasteiger partial charge in [0.05, 0.1) is 5.56 Å². The highest BCUT2D eigenvalue weighted by molar-refractivity contribution is 6.13. The number of halogens is 3. The van der Waals surface area contributed by atoms with E-state index in [0.717, 1.165) is 17.7 Å². The fraction of sp³-hybridized carbons (Fsp3) is 0.353. The summed E-state index contributed by atoms with van der Waals surface area (Å²) in [5, 5.41) is 0. The first-order valence-electron chi connectivity index (χ1n) is 6.90. The maximum Gasteiger partial charge on any atom is 0.416 e. The molecule has 1 fully saturated rings. The molecule has 4 heteroatoms. The van der Waals surface area contributed by atoms with Crippen molar-refractivity contribution < 1.29 is 18.0 Å². The zero-order valence-electron chi connectivity index (χ0n) is 12.0. The molecule has 0 heterocycles. The van der Waals surface area contributed by atoms with Crippen LogP contribution in [0.3, 0.4) is 0 Å². The molecule has 1 saturated carbocycles. The van der Waals surface area contributed by atoms with Gasteiger partial charge in [0.15, 0.2) is 5.78 Å². The smallest absolute Gasteiger partial charge is 0.289 e. The summed E-state index contributed by atoms with van der Waals surface area (Å²) in [6, 6.07) is 4.87. The molecule has 1 nitrogen and oxygen atoms in total. The van der Waals surface area contributed by atoms with Crippen molar-refractivity contribution in [1.29, 1.82) is 0 Å². The summed E-state index contributed by atoms with van der Waals surface area (Å²) < 4.78 is 37.4. The summed E-state index contributed by atoms with van der Waals surface area (Å²) in [4.78, 5) is 12.2. The molecule has 0 saturated heterocycles. The molecule has 1 aromatic carbocycles. The first-order valence-corrected chi connectivity index (χ1v) is 6.90. The first-order chi connectivity index (χ1) is 9.77. The fourth-order valence-corrected chi connectivity index (χ4v) is 2.37. The molecule has 1 aromatic rings. The lowest BCUT2D eigenvalue weighted by Crippen LogP contribution is -2.04. The molecule has 0 aromatic heterocycles. The van der Waals surface area contributed by atoms with Crippen molar-refractivity contribution in [3.05, 3.63) is 52.6 Å². The van der Waals surface area contributed by atoms with E-state index in [-0.39, 0.29) is 5.78 Å². The summed E-state index contributed by atoms with van der Waals surface area (Å²) in [6.45, 7) is 4.02. The van der Waals surface area contributed by atoms with Crippen molar-refractivity contribution in [2.75, 3.05) is 0 Å². The number of hydrogen-bond donors (Lipinski definition) is 0. The summed E-state index contributed by atoms with van der Waals surface area (Å²) in [6.07, 6.45) is 0.670. The lowest BCUT2D eigenvalue weighted by atomic mass is 10.0. The van der Waals surface area contributed by atoms with E-state index >= 15 is 0 Å². The van der Waals surface area contributed by atoms with Gasteiger partial charge in [-0.1, -0.05) is 32.1 Å². The molecule has 112 valence electrons. The normalized spacial score (nSPS) is 20.0. The van der Waals surface area contributed by atoms with Gasteiger partial charge in [0, 0.05) is 5.57 Å². The Morgan fingerprint density at radius 2 is 1.62 bits per heavy atom. The van der Waals surface area contributed by atoms with E-state index in [4.69, 9.17) is 0 Å². The van der Waals surface area contributed by atoms with Crippen LogP contribution < -0.4 is 0 Å². The monoisotopic (exact) mass is 294 g/mol. The Balaban J connectivity index is 2.20. The fourth-order valence-electron chi connectivity index (χ4n) is 2.37. The average molecular weight is 294 g/mol. The highest BCUT2D eigenvalue weighted by Gasteiger charge is 2.30. The maximum atomic E-state index is 12.5. The first kappa shape index (κ1) is 15.5. The third-order valence-electron chi connectivity index (χ3n) is 3.36. The van der Waals surface area contributed by atoms with Crippen LogP contribution in [0.4, 0.5) is 13.2 Å². The summed E-state index contributed by atoms with van der Waals surface area (Å²) in [7, 11) is 0. The molecule has 0 aliphatic heterocycles. The number of ketones is 1. The van der Waals surface area contributed by atoms with Gasteiger partial charge in [-0.15, -0.1) is 0 Å². The van der Waals surface area contributed by atoms with Gasteiger partial charge >= 0.3 is 6.18 Å². The van der Waals surface area contributed by atoms with Crippen LogP contribution in [0, 0.1) is 5.92 Å². The van der Waals surface area contributed by atoms with Gasteiger partial charge < -0.3 is 0 Å². The van der Waals surface area contributed by atoms with Crippen molar-refractivity contribution in [3.8, 4) is 0 Å². The number of carbonyl (C=O) groups excluding carboxylic acids is 1. The van der Waals surface area contributed by atoms with Crippen molar-refractivity contribution in [1.82, 2.24) is 0 Å². The number of benzene rings is 1. The number of carbonyl (C=O) groups is 1. The second-order valence-electron chi connectivity index (χ2n) is 5.55. The topological polar surface area (TPSA) is 17.1 Å². The van der Waals surface area contributed by atoms with Gasteiger partial charge in [-0.2, -0.15) is 13.2 Å². The summed E-state index contributed by atoms with van der Waals surface area (Å²) >= 11 is 0. The van der Waals surface area contributed by atoms with Crippen LogP contribution in [0.2, 0.25) is 0 Å². The molecule has 0 N–H and O–H groups in total. The van der Waals surface area contributed by atoms with Crippen LogP contribution in [-0.4, -0.2) is 5.78 Å². The Labute approximate surface area is 122 Å². The number of alkyl halides is 3. The van der Waals surface area contributed by atoms with E-state index in [9.17, 15) is 18.0 Å². The van der Waals surface area contributed by atoms with E-state index in [1.54, 1.807) is 6.08 Å². The van der Waals surface area contributed by atoms with Crippen LogP contribution in [0.15, 0.2) is 41.5 Å². The predicted molar refractivity (Wildman–Crippen MR) is 76.6 cm³/mol. The van der Waals surface area contributed by atoms with Gasteiger partial charge in [-0.3, -0.25) is 4.79 Å². The summed E-state index contributed by atoms with van der Waals surface area (Å²) in [5.41, 5.74) is 1.42. The van der Waals surface area contributed by atoms with E-state index in [1.165, 1.54) is 12.1 Å². The number of allylic oxidation sites excluding steroid dienone is 3. The van der Waals surface area contributed by atoms with Crippen LogP contribution in [0.1, 0.15) is 37.8 Å². The van der Waals surface area contributed by atoms with Gasteiger partial charge in [-0.05, 0) is 48.1 Å². The van der Waals surface area contributed by atoms with Crippen LogP contribution in [0.5, 0.6) is 0 Å². The van der Waals surface area contributed by atoms with Gasteiger partial charge in [0.1, 0.15) is 0 Å². The molecule has 0 spiro atoms. The molecule has 0 unspecified atom stereocenters. The van der Waals surface area contributed by atoms with Crippen molar-refractivity contribution in [2.24, 2.45) is 5.92 Å². The molecule has 0 amide bonds. The Bertz CT molecular complexity index is 589. The summed E-state index contributed by atoms with van der Waals surface area (Å²) in [5.74, 6) is 0.331. The van der Waals surface area contributed by atoms with Crippen molar-refractivity contribution in [2.45, 2.75) is 32.9 Å². The third-order valence-corrected chi connectivity index (χ3v) is 3.36. The minimum Gasteiger partial charge on any atom is -0.289 e. The zero-order valence-corrected chi connectivity index (χ0v) is 12.0. The minimum atomic E-state index is -4.33. The SMILES string of the molecule is CC(C)C=C1CCC(=Cc2ccc(C(F)(F)F)cc2)C1=O. The van der Waals surface area contributed by atoms with Crippen LogP contribution in [-0.2, 0) is 11.0 Å². The van der Waals surface area contributed by atoms with Crippen molar-refractivity contribution >= 4 is 11.9 Å². The molecular weight excluding hydrogens is 277 g/mol. The lowest BCUT2D eigenvalue weighted by Gasteiger charge is -2.06. The number of Topliss-reactive ketones (excluding diaryl/α,β-unsaturated/α-hetero) is 1. The molecule has 1 aliphatic carbocycles. The Morgan fingerprint density at radius 3 is 2.14 bits per heavy atom. The molecular formula is C17H17F3O. The van der Waals surface area contributed by atoms with E-state index in [2.05, 4.69) is 0 Å². The second kappa shape index (κ2) is 5.88. The molecule has 0 bridgehead atoms. The van der Waals surface area contributed by atoms with E-state index < -0.39 is 11.7 Å². The second-order valence-corrected chi connectivity index (χ2v) is 5.55. The highest BCUT2D eigenvalue weighted by Crippen LogP contribution is 2.31. The zero-order chi connectivity index (χ0) is 15.6. The number of hydrogen-bond acceptors (Lipinski definition) is 1. The quantitative estimate of drug-likeness (QED) is 0.699. The third kappa shape index (κ3) is 3.84. The standard InChI is InChI=1S/C17H17F3O/c1-11(2)9-13-5-6-14(16(13)21)10-12-3-7-15(8-4-12)17(18,19)20/h3-4,7-11H,5-6H2,1-2H3. The van der Waals surface area contributed by atoms with Crippen molar-refractivity contribution in [3.63, 3.8) is 0 Å². The molecule has 2 rings (SSSR count). The predicted octanol–water partition coefficient (Wildman–Crippen LogP) is 5.03. The van der Waals surface area contributed by atoms with E-state index in [1.807, 2.05) is 19.9 Å². The maximum absolute atomic E-state index is 12.5. The molecule has 21 heavy (non-hydrogen) atoms. The van der Waals surface area contributed by atoms with Gasteiger partial charge in [0.25, 0.3) is 0 Å². The Hall–Kier alpha value is -1.84. The lowest BCUT2D eigenvalue weighted by molar-refractivity contribution is -0.137. The van der Waals surface area contributed by atoms with Gasteiger partial charge in [-0.25, -0.2) is 0 Å². The Kier molecular flexibility index (Phi) is 4.35. The van der Waals surface area contributed by atoms with Crippen LogP contribution in [0.25, 0.3) is 6.08 Å². The minimum absolute atomic E-state index is 0.0172. The van der Waals surface area contributed by atoms with Crippen LogP contribution >= 0.6 is 0 Å². The van der Waals surface area contributed by atoms with Gasteiger partial charge in [0.2, 0.25) is 0 Å². The Morgan fingerprint density at radius 1 is 1.05 bits per heavy atom.